The van der Waals surface area contributed by atoms with Crippen molar-refractivity contribution in [1.29, 1.82) is 0 Å². The predicted molar refractivity (Wildman–Crippen MR) is 150 cm³/mol. The Labute approximate surface area is 233 Å². The molecule has 2 N–H and O–H groups in total. The maximum Gasteiger partial charge on any atom is 0.278 e. The molecule has 3 amide bonds. The lowest BCUT2D eigenvalue weighted by molar-refractivity contribution is -0.138. The van der Waals surface area contributed by atoms with Gasteiger partial charge in [-0.15, -0.1) is 0 Å². The average Bonchev–Trinajstić information content (AvgIpc) is 3.53. The number of furan rings is 1. The lowest BCUT2D eigenvalue weighted by atomic mass is 10.2. The first kappa shape index (κ1) is 26.1. The Morgan fingerprint density at radius 2 is 1.72 bits per heavy atom. The third-order valence-corrected chi connectivity index (χ3v) is 7.12. The van der Waals surface area contributed by atoms with Gasteiger partial charge in [0.15, 0.2) is 0 Å². The minimum atomic E-state index is -0.470. The Bertz CT molecular complexity index is 1550. The van der Waals surface area contributed by atoms with Crippen LogP contribution in [0.2, 0.25) is 5.02 Å². The van der Waals surface area contributed by atoms with Gasteiger partial charge in [0.1, 0.15) is 22.1 Å². The Morgan fingerprint density at radius 3 is 2.41 bits per heavy atom. The Kier molecular flexibility index (Phi) is 7.72. The SMILES string of the molecule is COc1ccc(NC2=C(Sc3cccc(NC(=O)c4ccc(Cl)cc4)c3)C(=O)N(Cc3ccco3)C2=O)cc1. The number of benzene rings is 3. The van der Waals surface area contributed by atoms with Crippen LogP contribution in [0.4, 0.5) is 11.4 Å². The second-order valence-electron chi connectivity index (χ2n) is 8.42. The number of carbonyl (C=O) groups is 3. The molecule has 0 unspecified atom stereocenters. The van der Waals surface area contributed by atoms with E-state index in [4.69, 9.17) is 20.8 Å². The second-order valence-corrected chi connectivity index (χ2v) is 9.94. The molecule has 39 heavy (non-hydrogen) atoms. The summed E-state index contributed by atoms with van der Waals surface area (Å²) in [4.78, 5) is 41.6. The Hall–Kier alpha value is -4.47. The Morgan fingerprint density at radius 1 is 0.949 bits per heavy atom. The van der Waals surface area contributed by atoms with Crippen molar-refractivity contribution < 1.29 is 23.5 Å². The van der Waals surface area contributed by atoms with Gasteiger partial charge in [-0.3, -0.25) is 19.3 Å². The Balaban J connectivity index is 1.41. The van der Waals surface area contributed by atoms with Crippen LogP contribution in [0.15, 0.2) is 111 Å². The molecule has 1 aliphatic heterocycles. The summed E-state index contributed by atoms with van der Waals surface area (Å²) in [6, 6.07) is 24.0. The summed E-state index contributed by atoms with van der Waals surface area (Å²) in [7, 11) is 1.57. The number of rotatable bonds is 9. The third-order valence-electron chi connectivity index (χ3n) is 5.80. The van der Waals surface area contributed by atoms with Crippen LogP contribution in [0.1, 0.15) is 16.1 Å². The summed E-state index contributed by atoms with van der Waals surface area (Å²) >= 11 is 7.05. The largest absolute Gasteiger partial charge is 0.497 e. The van der Waals surface area contributed by atoms with Crippen molar-refractivity contribution >= 4 is 52.5 Å². The van der Waals surface area contributed by atoms with Gasteiger partial charge in [-0.05, 0) is 78.9 Å². The molecule has 2 heterocycles. The standard InChI is InChI=1S/C29H22ClN3O5S/c1-37-22-13-11-20(12-14-22)31-25-26(29(36)33(28(25)35)17-23-5-3-15-38-23)39-24-6-2-4-21(16-24)32-27(34)18-7-9-19(30)10-8-18/h2-16,31H,17H2,1H3,(H,32,34). The molecule has 0 spiro atoms. The number of hydrogen-bond donors (Lipinski definition) is 2. The third kappa shape index (κ3) is 6.00. The zero-order valence-corrected chi connectivity index (χ0v) is 22.2. The summed E-state index contributed by atoms with van der Waals surface area (Å²) in [5.41, 5.74) is 1.76. The molecule has 1 aliphatic rings. The molecular weight excluding hydrogens is 538 g/mol. The molecule has 0 aliphatic carbocycles. The zero-order valence-electron chi connectivity index (χ0n) is 20.6. The summed E-state index contributed by atoms with van der Waals surface area (Å²) in [6.45, 7) is -0.000289. The molecule has 0 saturated carbocycles. The number of halogens is 1. The fourth-order valence-electron chi connectivity index (χ4n) is 3.84. The topological polar surface area (TPSA) is 101 Å². The number of amides is 3. The van der Waals surface area contributed by atoms with Gasteiger partial charge in [-0.1, -0.05) is 29.4 Å². The van der Waals surface area contributed by atoms with Crippen LogP contribution in [0.5, 0.6) is 5.75 Å². The highest BCUT2D eigenvalue weighted by atomic mass is 35.5. The van der Waals surface area contributed by atoms with E-state index in [1.54, 1.807) is 92.0 Å². The van der Waals surface area contributed by atoms with Gasteiger partial charge in [0.25, 0.3) is 17.7 Å². The molecule has 0 atom stereocenters. The van der Waals surface area contributed by atoms with E-state index in [9.17, 15) is 14.4 Å². The van der Waals surface area contributed by atoms with Crippen molar-refractivity contribution in [3.8, 4) is 5.75 Å². The number of hydrogen-bond acceptors (Lipinski definition) is 7. The summed E-state index contributed by atoms with van der Waals surface area (Å²) < 4.78 is 10.6. The zero-order chi connectivity index (χ0) is 27.4. The van der Waals surface area contributed by atoms with Crippen molar-refractivity contribution in [2.45, 2.75) is 11.4 Å². The number of carbonyl (C=O) groups excluding carboxylic acids is 3. The van der Waals surface area contributed by atoms with Gasteiger partial charge in [-0.25, -0.2) is 0 Å². The van der Waals surface area contributed by atoms with Crippen LogP contribution in [0, 0.1) is 0 Å². The predicted octanol–water partition coefficient (Wildman–Crippen LogP) is 6.18. The molecular formula is C29H22ClN3O5S. The molecule has 4 aromatic rings. The highest BCUT2D eigenvalue weighted by molar-refractivity contribution is 8.04. The van der Waals surface area contributed by atoms with Gasteiger partial charge in [-0.2, -0.15) is 0 Å². The van der Waals surface area contributed by atoms with E-state index in [-0.39, 0.29) is 23.1 Å². The van der Waals surface area contributed by atoms with Crippen molar-refractivity contribution in [3.63, 3.8) is 0 Å². The van der Waals surface area contributed by atoms with E-state index < -0.39 is 11.8 Å². The monoisotopic (exact) mass is 559 g/mol. The van der Waals surface area contributed by atoms with Crippen LogP contribution in [0.3, 0.4) is 0 Å². The highest BCUT2D eigenvalue weighted by Gasteiger charge is 2.39. The second kappa shape index (κ2) is 11.5. The number of nitrogens with one attached hydrogen (secondary N) is 2. The van der Waals surface area contributed by atoms with Crippen molar-refractivity contribution in [2.75, 3.05) is 17.7 Å². The van der Waals surface area contributed by atoms with Crippen LogP contribution in [0.25, 0.3) is 0 Å². The first-order chi connectivity index (χ1) is 18.9. The number of ether oxygens (including phenoxy) is 1. The summed E-state index contributed by atoms with van der Waals surface area (Å²) in [6.07, 6.45) is 1.49. The lowest BCUT2D eigenvalue weighted by Crippen LogP contribution is -2.31. The first-order valence-electron chi connectivity index (χ1n) is 11.8. The molecule has 0 saturated heterocycles. The maximum atomic E-state index is 13.5. The molecule has 0 bridgehead atoms. The molecule has 10 heteroatoms. The minimum Gasteiger partial charge on any atom is -0.497 e. The summed E-state index contributed by atoms with van der Waals surface area (Å²) in [5, 5.41) is 6.49. The van der Waals surface area contributed by atoms with E-state index in [1.807, 2.05) is 0 Å². The van der Waals surface area contributed by atoms with Gasteiger partial charge in [0, 0.05) is 26.9 Å². The highest BCUT2D eigenvalue weighted by Crippen LogP contribution is 2.37. The van der Waals surface area contributed by atoms with Crippen LogP contribution >= 0.6 is 23.4 Å². The normalized spacial score (nSPS) is 13.1. The average molecular weight is 560 g/mol. The number of nitrogens with zero attached hydrogens (tertiary/aromatic N) is 1. The van der Waals surface area contributed by atoms with Gasteiger partial charge < -0.3 is 19.8 Å². The summed E-state index contributed by atoms with van der Waals surface area (Å²) in [5.74, 6) is -0.0740. The quantitative estimate of drug-likeness (QED) is 0.236. The van der Waals surface area contributed by atoms with Crippen molar-refractivity contribution in [3.05, 3.63) is 118 Å². The fraction of sp³-hybridized carbons (Fsp3) is 0.0690. The van der Waals surface area contributed by atoms with E-state index in [0.29, 0.717) is 38.4 Å². The number of thioether (sulfide) groups is 1. The molecule has 196 valence electrons. The molecule has 0 fully saturated rings. The minimum absolute atomic E-state index is 0.000289. The lowest BCUT2D eigenvalue weighted by Gasteiger charge is -2.13. The molecule has 5 rings (SSSR count). The first-order valence-corrected chi connectivity index (χ1v) is 13.0. The van der Waals surface area contributed by atoms with Crippen molar-refractivity contribution in [2.24, 2.45) is 0 Å². The maximum absolute atomic E-state index is 13.5. The van der Waals surface area contributed by atoms with E-state index in [0.717, 1.165) is 16.7 Å². The van der Waals surface area contributed by atoms with Crippen LogP contribution in [-0.4, -0.2) is 29.7 Å². The molecule has 0 radical (unpaired) electrons. The molecule has 1 aromatic heterocycles. The smallest absolute Gasteiger partial charge is 0.278 e. The molecule has 3 aromatic carbocycles. The molecule has 8 nitrogen and oxygen atoms in total. The van der Waals surface area contributed by atoms with Gasteiger partial charge >= 0.3 is 0 Å². The number of anilines is 2. The van der Waals surface area contributed by atoms with E-state index in [1.165, 1.54) is 6.26 Å². The van der Waals surface area contributed by atoms with Crippen molar-refractivity contribution in [1.82, 2.24) is 4.90 Å². The fourth-order valence-corrected chi connectivity index (χ4v) is 4.97. The van der Waals surface area contributed by atoms with Crippen LogP contribution < -0.4 is 15.4 Å². The number of methoxy groups -OCH3 is 1. The van der Waals surface area contributed by atoms with Gasteiger partial charge in [0.05, 0.1) is 19.9 Å². The number of imide groups is 1. The van der Waals surface area contributed by atoms with Crippen LogP contribution in [-0.2, 0) is 16.1 Å². The van der Waals surface area contributed by atoms with E-state index >= 15 is 0 Å². The van der Waals surface area contributed by atoms with E-state index in [2.05, 4.69) is 10.6 Å². The van der Waals surface area contributed by atoms with Gasteiger partial charge in [0.2, 0.25) is 0 Å².